The number of nitrogens with zero attached hydrogens (tertiary/aromatic N) is 7. The van der Waals surface area contributed by atoms with Crippen LogP contribution in [0.25, 0.3) is 99.8 Å². The first-order chi connectivity index (χ1) is 67.9. The highest BCUT2D eigenvalue weighted by Gasteiger charge is 2.28. The molecule has 1 aliphatic rings. The van der Waals surface area contributed by atoms with E-state index in [9.17, 15) is 50.3 Å². The van der Waals surface area contributed by atoms with Crippen LogP contribution in [0.15, 0.2) is 217 Å². The summed E-state index contributed by atoms with van der Waals surface area (Å²) in [5.41, 5.74) is 41.5. The number of alkyl halides is 1. The van der Waals surface area contributed by atoms with Gasteiger partial charge in [-0.2, -0.15) is 0 Å². The number of H-pyrrole nitrogens is 2. The van der Waals surface area contributed by atoms with E-state index in [-0.39, 0.29) is 90.5 Å². The molecule has 1 aliphatic heterocycles. The second-order valence-corrected chi connectivity index (χ2v) is 34.7. The number of halogens is 7. The molecule has 0 fully saturated rings. The van der Waals surface area contributed by atoms with Gasteiger partial charge in [-0.05, 0) is 264 Å². The second-order valence-electron chi connectivity index (χ2n) is 34.7. The average molecular weight is 1980 g/mol. The monoisotopic (exact) mass is 1980 g/mol. The first-order valence-corrected chi connectivity index (χ1v) is 47.5. The molecule has 15 rings (SSSR count). The molecule has 0 aliphatic carbocycles. The minimum absolute atomic E-state index is 0. The number of imidazole rings is 4. The minimum atomic E-state index is -1.00. The molecule has 5 heterocycles. The summed E-state index contributed by atoms with van der Waals surface area (Å²) in [5.74, 6) is 1.01. The van der Waals surface area contributed by atoms with E-state index < -0.39 is 7.15 Å². The van der Waals surface area contributed by atoms with Gasteiger partial charge in [0.25, 0.3) is 17.7 Å². The Morgan fingerprint density at radius 2 is 0.697 bits per heavy atom. The van der Waals surface area contributed by atoms with E-state index in [0.29, 0.717) is 105 Å². The van der Waals surface area contributed by atoms with Crippen molar-refractivity contribution in [1.29, 1.82) is 0 Å². The van der Waals surface area contributed by atoms with E-state index in [0.717, 1.165) is 165 Å². The Hall–Kier alpha value is -13.3. The van der Waals surface area contributed by atoms with Crippen LogP contribution in [0.2, 0.25) is 0 Å². The topological polar surface area (TPSA) is 377 Å². The lowest BCUT2D eigenvalue weighted by atomic mass is 10.0. The van der Waals surface area contributed by atoms with Gasteiger partial charge in [0.1, 0.15) is 34.8 Å². The van der Waals surface area contributed by atoms with Gasteiger partial charge in [0.15, 0.2) is 33.7 Å². The van der Waals surface area contributed by atoms with Crippen molar-refractivity contribution >= 4 is 97.5 Å². The van der Waals surface area contributed by atoms with E-state index in [1.165, 1.54) is 99.2 Å². The van der Waals surface area contributed by atoms with Gasteiger partial charge in [0.2, 0.25) is 0 Å². The molecule has 762 valence electrons. The van der Waals surface area contributed by atoms with E-state index in [2.05, 4.69) is 93.1 Å². The molecule has 5 amide bonds. The number of aromatic nitrogens is 8. The third kappa shape index (κ3) is 34.0. The summed E-state index contributed by atoms with van der Waals surface area (Å²) < 4.78 is 88.4. The van der Waals surface area contributed by atoms with E-state index >= 15 is 0 Å². The summed E-state index contributed by atoms with van der Waals surface area (Å²) in [5, 5.41) is 28.7. The Balaban J connectivity index is 0.000000268. The Bertz CT molecular complexity index is 6000. The average Bonchev–Trinajstić information content (AvgIpc) is 1.64. The maximum atomic E-state index is 13.2. The van der Waals surface area contributed by atoms with E-state index in [1.54, 1.807) is 72.3 Å². The summed E-state index contributed by atoms with van der Waals surface area (Å²) in [4.78, 5) is 82.5. The fraction of sp³-hybridized carbons (Fsp3) is 0.364. The van der Waals surface area contributed by atoms with Crippen LogP contribution in [-0.2, 0) is 39.4 Å². The lowest BCUT2D eigenvalue weighted by Crippen LogP contribution is -2.43. The fourth-order valence-corrected chi connectivity index (χ4v) is 15.7. The van der Waals surface area contributed by atoms with Crippen molar-refractivity contribution in [2.24, 2.45) is 73.9 Å². The number of aromatic amines is 2. The number of rotatable bonds is 35. The van der Waals surface area contributed by atoms with E-state index in [4.69, 9.17) is 34.5 Å². The number of nitrogens with two attached hydrogens (primary N) is 4. The van der Waals surface area contributed by atoms with Crippen LogP contribution in [0.1, 0.15) is 182 Å². The van der Waals surface area contributed by atoms with Crippen LogP contribution in [-0.4, -0.2) is 154 Å². The van der Waals surface area contributed by atoms with Crippen molar-refractivity contribution in [3.8, 4) is 55.6 Å². The van der Waals surface area contributed by atoms with Gasteiger partial charge < -0.3 is 68.9 Å². The number of nitrogens with one attached hydrogen (secondary N) is 7. The van der Waals surface area contributed by atoms with Crippen molar-refractivity contribution in [2.45, 2.75) is 151 Å². The van der Waals surface area contributed by atoms with Crippen LogP contribution in [0.5, 0.6) is 0 Å². The Kier molecular flexibility index (Phi) is 49.0. The number of hydrogen-bond acceptors (Lipinski definition) is 14. The first kappa shape index (κ1) is 116. The zero-order valence-corrected chi connectivity index (χ0v) is 83.5. The van der Waals surface area contributed by atoms with Crippen molar-refractivity contribution < 1.29 is 71.0 Å². The third-order valence-electron chi connectivity index (χ3n) is 23.9. The molecule has 5 atom stereocenters. The number of aliphatic imine (C=N–C) groups is 1. The zero-order valence-electron chi connectivity index (χ0n) is 83.7. The van der Waals surface area contributed by atoms with Gasteiger partial charge in [-0.1, -0.05) is 172 Å². The molecular weight excluding hydrogens is 1830 g/mol. The smallest absolute Gasteiger partial charge is 0.346 e. The molecule has 14 aromatic rings. The van der Waals surface area contributed by atoms with Crippen LogP contribution in [0, 0.1) is 46.8 Å². The van der Waals surface area contributed by atoms with Crippen molar-refractivity contribution in [3.05, 3.63) is 270 Å². The minimum Gasteiger partial charge on any atom is -0.400 e. The maximum absolute atomic E-state index is 13.2. The molecule has 0 radical (unpaired) electrons. The predicted octanol–water partition coefficient (Wildman–Crippen LogP) is 19.0. The quantitative estimate of drug-likeness (QED) is 0.0130. The number of amides is 5. The highest BCUT2D eigenvalue weighted by atomic mass is 35.5. The van der Waals surface area contributed by atoms with Gasteiger partial charge in [-0.15, -0.1) is 12.4 Å². The molecule has 0 saturated heterocycles. The molecule has 0 bridgehead atoms. The molecule has 17 N–H and O–H groups in total. The van der Waals surface area contributed by atoms with Crippen molar-refractivity contribution in [1.82, 2.24) is 55.7 Å². The van der Waals surface area contributed by atoms with Gasteiger partial charge in [0.05, 0.1) is 50.4 Å². The molecular formula is C110H143ClF6N18O7+2. The Morgan fingerprint density at radius 1 is 0.415 bits per heavy atom. The number of carbonyl (C=O) groups is 5. The van der Waals surface area contributed by atoms with Crippen molar-refractivity contribution in [3.63, 3.8) is 0 Å². The fourth-order valence-electron chi connectivity index (χ4n) is 15.7. The number of benzene rings is 10. The summed E-state index contributed by atoms with van der Waals surface area (Å²) in [6, 6.07) is 60.9. The Labute approximate surface area is 837 Å². The predicted molar refractivity (Wildman–Crippen MR) is 563 cm³/mol. The number of unbranched alkanes of at least 4 members (excludes halogenated alkanes) is 3. The molecule has 0 saturated carbocycles. The van der Waals surface area contributed by atoms with Gasteiger partial charge in [-0.25, -0.2) is 56.0 Å². The number of fused-ring (bicyclic) bond motifs is 5. The second kappa shape index (κ2) is 60.1. The van der Waals surface area contributed by atoms with Crippen LogP contribution >= 0.6 is 12.4 Å². The number of aryl methyl sites for hydroxylation is 4. The lowest BCUT2D eigenvalue weighted by Gasteiger charge is -2.11. The highest BCUT2D eigenvalue weighted by molar-refractivity contribution is 6.41. The molecule has 25 nitrogen and oxygen atoms in total. The SMILES string of the molecule is C.CCCC[C@@H](C)CNC(=O)C1=Nc2cc(-c3ccc(F)cc3)ccc2C1.CCCC[C@@H](C)CNC(=O)c1[nH]c2ccc(-c3ccc(F)cc3)cc2[n+]1C.CCCC[C@@H](C)CNC(=O)c1nc2cc(-c3ccc(F)cc3)ccc2n1C.CO.CO.C[n+]1c(C(=O)NC[C@H](N)CCCN)[nH]c2ccc(-c3ccc(F)cc3)cc21.Cl.Cn1c(C(=O)NC[C@H](N)CCCN)nc2cc(-c3ccc(F)cc3)ccc21.[2H]CF. The largest absolute Gasteiger partial charge is 0.400 e. The van der Waals surface area contributed by atoms with Gasteiger partial charge in [0, 0.05) is 79.5 Å². The summed E-state index contributed by atoms with van der Waals surface area (Å²) >= 11 is 0. The standard InChI is InChI=1S/2C22H26FN3O.C22H25FN2O.2C20H24FN5O.CH3F.2CH4O.CH4.ClH/c1-4-5-6-15(2)14-24-22(27)21-25-19-13-17(9-12-20(19)26(21)3)16-7-10-18(23)11-8-16;1-4-5-6-15(2)14-24-22(27)21-25-19-12-9-17(13-20(19)26(21)3)16-7-10-18(23)11-8-16;1-3-4-5-15(2)14-24-22(26)21-13-18-7-6-17(12-20(18)25-21)16-8-10-19(23)11-9-16;1-26-18-9-6-14(13-4-7-15(21)8-5-13)11-17(18)25-19(26)20(27)24-12-16(23)3-2-10-22;1-26-18-11-14(13-4-7-15(21)8-5-13)6-9-17(18)25-19(26)20(27)24-12-16(23)3-2-10-22;3*1-2;;/h2*7-13,15H,4-6,14H2,1-3H3,(H,24,27);6-12,15H,3-5,13-14H2,1-2H3,(H,24,26);2*4-9,11,16H,2-3,10,12,22-23H2,1H3,(H,24,27);1H3;2*2H,1H3;1H4;1H/p+2/t3*15-;2*16-;;;;;/m11111...../s1/i;;;;;1D;;;;. The summed E-state index contributed by atoms with van der Waals surface area (Å²) in [7, 11) is 8.36. The first-order valence-electron chi connectivity index (χ1n) is 48.2. The lowest BCUT2D eigenvalue weighted by molar-refractivity contribution is -0.647. The molecule has 4 aromatic heterocycles. The normalized spacial score (nSPS) is 12.1. The van der Waals surface area contributed by atoms with Gasteiger partial charge in [-0.3, -0.25) is 28.4 Å². The zero-order chi connectivity index (χ0) is 103. The van der Waals surface area contributed by atoms with Crippen LogP contribution in [0.3, 0.4) is 0 Å². The number of aliphatic hydroxyl groups excluding tert-OH is 2. The summed E-state index contributed by atoms with van der Waals surface area (Å²) in [6.45, 7) is 17.0. The van der Waals surface area contributed by atoms with Crippen LogP contribution in [0.4, 0.5) is 32.0 Å². The highest BCUT2D eigenvalue weighted by Crippen LogP contribution is 2.34. The molecule has 32 heteroatoms. The molecule has 0 spiro atoms. The molecule has 0 unspecified atom stereocenters. The van der Waals surface area contributed by atoms with E-state index in [1.807, 2.05) is 126 Å². The Morgan fingerprint density at radius 3 is 1.03 bits per heavy atom. The number of hydrogen-bond donors (Lipinski definition) is 13. The third-order valence-corrected chi connectivity index (χ3v) is 23.9. The molecule has 10 aromatic carbocycles. The maximum Gasteiger partial charge on any atom is 0.346 e. The number of carbonyl (C=O) groups excluding carboxylic acids is 5. The molecule has 142 heavy (non-hydrogen) atoms. The van der Waals surface area contributed by atoms with Crippen LogP contribution < -0.4 is 58.7 Å². The van der Waals surface area contributed by atoms with Crippen molar-refractivity contribution in [2.75, 3.05) is 67.2 Å². The van der Waals surface area contributed by atoms with Gasteiger partial charge >= 0.3 is 23.5 Å². The summed E-state index contributed by atoms with van der Waals surface area (Å²) in [6.07, 6.45) is 14.2. The number of aliphatic hydroxyl groups is 2.